The number of aliphatic carboxylic acids is 1. The molecule has 0 spiro atoms. The maximum Gasteiger partial charge on any atom is 0.307 e. The molecule has 1 heterocycles. The van der Waals surface area contributed by atoms with E-state index >= 15 is 0 Å². The van der Waals surface area contributed by atoms with Gasteiger partial charge in [0.1, 0.15) is 0 Å². The summed E-state index contributed by atoms with van der Waals surface area (Å²) in [5, 5.41) is 17.3. The van der Waals surface area contributed by atoms with Crippen LogP contribution < -0.4 is 0 Å². The molecule has 0 unspecified atom stereocenters. The van der Waals surface area contributed by atoms with Crippen LogP contribution in [0.5, 0.6) is 0 Å². The molecule has 2 atom stereocenters. The number of hydrogen-bond acceptors (Lipinski definition) is 3. The van der Waals surface area contributed by atoms with E-state index in [0.29, 0.717) is 5.75 Å². The topological polar surface area (TPSA) is 57.5 Å². The van der Waals surface area contributed by atoms with Crippen molar-refractivity contribution in [2.75, 3.05) is 18.1 Å². The molecule has 10 heavy (non-hydrogen) atoms. The first-order valence-electron chi connectivity index (χ1n) is 3.17. The molecule has 4 heteroatoms. The summed E-state index contributed by atoms with van der Waals surface area (Å²) in [4.78, 5) is 10.4. The van der Waals surface area contributed by atoms with E-state index in [1.807, 2.05) is 0 Å². The third-order valence-corrected chi connectivity index (χ3v) is 3.01. The van der Waals surface area contributed by atoms with Crippen LogP contribution in [0.15, 0.2) is 0 Å². The molecule has 1 fully saturated rings. The van der Waals surface area contributed by atoms with Crippen molar-refractivity contribution in [2.24, 2.45) is 11.8 Å². The second-order valence-electron chi connectivity index (χ2n) is 2.42. The molecular weight excluding hydrogens is 152 g/mol. The Kier molecular flexibility index (Phi) is 2.56. The Hall–Kier alpha value is -0.220. The summed E-state index contributed by atoms with van der Waals surface area (Å²) in [5.41, 5.74) is 0. The minimum atomic E-state index is -0.774. The molecule has 0 aromatic rings. The lowest BCUT2D eigenvalue weighted by Gasteiger charge is -2.09. The van der Waals surface area contributed by atoms with Gasteiger partial charge in [0, 0.05) is 18.3 Å². The van der Waals surface area contributed by atoms with Gasteiger partial charge in [0.05, 0.1) is 5.92 Å². The zero-order chi connectivity index (χ0) is 7.56. The molecule has 0 bridgehead atoms. The molecule has 2 N–H and O–H groups in total. The van der Waals surface area contributed by atoms with Gasteiger partial charge in [-0.05, 0) is 5.75 Å². The number of carbonyl (C=O) groups is 1. The average molecular weight is 162 g/mol. The van der Waals surface area contributed by atoms with Crippen LogP contribution >= 0.6 is 11.8 Å². The SMILES string of the molecule is O=C(O)[C@@H]1CSC[C@@H]1CO. The Balaban J connectivity index is 2.50. The minimum absolute atomic E-state index is 0.00394. The van der Waals surface area contributed by atoms with Gasteiger partial charge in [-0.3, -0.25) is 4.79 Å². The van der Waals surface area contributed by atoms with E-state index < -0.39 is 5.97 Å². The number of rotatable bonds is 2. The van der Waals surface area contributed by atoms with Gasteiger partial charge in [-0.1, -0.05) is 0 Å². The molecule has 0 aromatic carbocycles. The van der Waals surface area contributed by atoms with E-state index in [4.69, 9.17) is 10.2 Å². The zero-order valence-electron chi connectivity index (χ0n) is 5.49. The fourth-order valence-corrected chi connectivity index (χ4v) is 2.50. The molecule has 58 valence electrons. The van der Waals surface area contributed by atoms with Crippen LogP contribution in [0.2, 0.25) is 0 Å². The second-order valence-corrected chi connectivity index (χ2v) is 3.50. The zero-order valence-corrected chi connectivity index (χ0v) is 6.30. The molecule has 0 aromatic heterocycles. The molecule has 1 rings (SSSR count). The van der Waals surface area contributed by atoms with Gasteiger partial charge >= 0.3 is 5.97 Å². The first-order chi connectivity index (χ1) is 4.75. The van der Waals surface area contributed by atoms with Gasteiger partial charge in [0.2, 0.25) is 0 Å². The number of carboxylic acids is 1. The van der Waals surface area contributed by atoms with E-state index in [1.54, 1.807) is 11.8 Å². The molecule has 1 saturated heterocycles. The number of aliphatic hydroxyl groups excluding tert-OH is 1. The Morgan fingerprint density at radius 1 is 1.60 bits per heavy atom. The van der Waals surface area contributed by atoms with E-state index in [0.717, 1.165) is 5.75 Å². The molecule has 3 nitrogen and oxygen atoms in total. The molecule has 0 aliphatic carbocycles. The summed E-state index contributed by atoms with van der Waals surface area (Å²) in [7, 11) is 0. The highest BCUT2D eigenvalue weighted by molar-refractivity contribution is 7.99. The summed E-state index contributed by atoms with van der Waals surface area (Å²) in [6.07, 6.45) is 0. The van der Waals surface area contributed by atoms with Gasteiger partial charge in [-0.15, -0.1) is 0 Å². The highest BCUT2D eigenvalue weighted by Gasteiger charge is 2.32. The summed E-state index contributed by atoms with van der Waals surface area (Å²) >= 11 is 1.60. The smallest absolute Gasteiger partial charge is 0.307 e. The van der Waals surface area contributed by atoms with Crippen molar-refractivity contribution >= 4 is 17.7 Å². The van der Waals surface area contributed by atoms with Crippen molar-refractivity contribution in [3.63, 3.8) is 0 Å². The predicted molar refractivity (Wildman–Crippen MR) is 39.0 cm³/mol. The maximum atomic E-state index is 10.4. The van der Waals surface area contributed by atoms with Gasteiger partial charge in [-0.2, -0.15) is 11.8 Å². The van der Waals surface area contributed by atoms with Crippen molar-refractivity contribution in [3.05, 3.63) is 0 Å². The van der Waals surface area contributed by atoms with Gasteiger partial charge < -0.3 is 10.2 Å². The highest BCUT2D eigenvalue weighted by atomic mass is 32.2. The van der Waals surface area contributed by atoms with E-state index in [2.05, 4.69) is 0 Å². The highest BCUT2D eigenvalue weighted by Crippen LogP contribution is 2.29. The van der Waals surface area contributed by atoms with Crippen LogP contribution in [0, 0.1) is 11.8 Å². The summed E-state index contributed by atoms with van der Waals surface area (Å²) in [6, 6.07) is 0. The number of hydrogen-bond donors (Lipinski definition) is 2. The predicted octanol–water partition coefficient (Wildman–Crippen LogP) is 0.0425. The monoisotopic (exact) mass is 162 g/mol. The maximum absolute atomic E-state index is 10.4. The fraction of sp³-hybridized carbons (Fsp3) is 0.833. The largest absolute Gasteiger partial charge is 0.481 e. The fourth-order valence-electron chi connectivity index (χ4n) is 1.05. The van der Waals surface area contributed by atoms with Crippen molar-refractivity contribution in [2.45, 2.75) is 0 Å². The molecule has 0 amide bonds. The Morgan fingerprint density at radius 2 is 2.30 bits per heavy atom. The Bertz CT molecular complexity index is 137. The van der Waals surface area contributed by atoms with Crippen LogP contribution in [0.4, 0.5) is 0 Å². The average Bonchev–Trinajstić information content (AvgIpc) is 2.33. The first-order valence-corrected chi connectivity index (χ1v) is 4.32. The lowest BCUT2D eigenvalue weighted by Crippen LogP contribution is -2.24. The van der Waals surface area contributed by atoms with Crippen molar-refractivity contribution < 1.29 is 15.0 Å². The third kappa shape index (κ3) is 1.44. The molecule has 1 aliphatic rings. The summed E-state index contributed by atoms with van der Waals surface area (Å²) < 4.78 is 0. The number of thioether (sulfide) groups is 1. The van der Waals surface area contributed by atoms with Crippen LogP contribution in [0.3, 0.4) is 0 Å². The van der Waals surface area contributed by atoms with Crippen LogP contribution in [0.1, 0.15) is 0 Å². The normalized spacial score (nSPS) is 32.5. The van der Waals surface area contributed by atoms with Gasteiger partial charge in [0.15, 0.2) is 0 Å². The van der Waals surface area contributed by atoms with Crippen LogP contribution in [-0.4, -0.2) is 34.3 Å². The van der Waals surface area contributed by atoms with E-state index in [9.17, 15) is 4.79 Å². The molecule has 0 radical (unpaired) electrons. The minimum Gasteiger partial charge on any atom is -0.481 e. The molecule has 0 saturated carbocycles. The standard InChI is InChI=1S/C6H10O3S/c7-1-4-2-10-3-5(4)6(8)9/h4-5,7H,1-3H2,(H,8,9)/t4-,5+/m0/s1. The van der Waals surface area contributed by atoms with E-state index in [1.165, 1.54) is 0 Å². The van der Waals surface area contributed by atoms with Crippen molar-refractivity contribution in [1.82, 2.24) is 0 Å². The molecule has 1 aliphatic heterocycles. The van der Waals surface area contributed by atoms with E-state index in [-0.39, 0.29) is 18.4 Å². The Labute approximate surface area is 63.4 Å². The summed E-state index contributed by atoms with van der Waals surface area (Å²) in [5.74, 6) is 0.315. The van der Waals surface area contributed by atoms with Crippen molar-refractivity contribution in [3.8, 4) is 0 Å². The van der Waals surface area contributed by atoms with Gasteiger partial charge in [-0.25, -0.2) is 0 Å². The quantitative estimate of drug-likeness (QED) is 0.602. The lowest BCUT2D eigenvalue weighted by molar-refractivity contribution is -0.142. The Morgan fingerprint density at radius 3 is 2.70 bits per heavy atom. The molecular formula is C6H10O3S. The van der Waals surface area contributed by atoms with Gasteiger partial charge in [0.25, 0.3) is 0 Å². The lowest BCUT2D eigenvalue weighted by atomic mass is 9.97. The number of aliphatic hydroxyl groups is 1. The van der Waals surface area contributed by atoms with Crippen LogP contribution in [0.25, 0.3) is 0 Å². The summed E-state index contributed by atoms with van der Waals surface area (Å²) in [6.45, 7) is 0.00394. The first kappa shape index (κ1) is 7.88. The van der Waals surface area contributed by atoms with Crippen LogP contribution in [-0.2, 0) is 4.79 Å². The second kappa shape index (κ2) is 3.25. The number of carboxylic acid groups (broad SMARTS) is 1. The third-order valence-electron chi connectivity index (χ3n) is 1.75. The van der Waals surface area contributed by atoms with Crippen molar-refractivity contribution in [1.29, 1.82) is 0 Å².